The molecule has 1 heterocycles. The van der Waals surface area contributed by atoms with Crippen molar-refractivity contribution < 1.29 is 9.18 Å². The van der Waals surface area contributed by atoms with Gasteiger partial charge in [0.15, 0.2) is 5.78 Å². The number of hydrogen-bond donors (Lipinski definition) is 1. The van der Waals surface area contributed by atoms with Gasteiger partial charge in [-0.1, -0.05) is 0 Å². The molecule has 0 atom stereocenters. The van der Waals surface area contributed by atoms with Gasteiger partial charge < -0.3 is 4.98 Å². The first-order valence-corrected chi connectivity index (χ1v) is 5.74. The number of carbonyl (C=O) groups excluding carboxylic acids is 1. The van der Waals surface area contributed by atoms with E-state index in [1.54, 1.807) is 12.1 Å². The van der Waals surface area contributed by atoms with Gasteiger partial charge in [0.25, 0.3) is 0 Å². The van der Waals surface area contributed by atoms with Crippen molar-refractivity contribution >= 4 is 22.3 Å². The van der Waals surface area contributed by atoms with Crippen LogP contribution in [0.25, 0.3) is 16.5 Å². The highest BCUT2D eigenvalue weighted by molar-refractivity contribution is 6.02. The fourth-order valence-corrected chi connectivity index (χ4v) is 2.36. The Morgan fingerprint density at radius 1 is 1.24 bits per heavy atom. The number of halogens is 1. The van der Waals surface area contributed by atoms with E-state index in [1.807, 2.05) is 6.20 Å². The largest absolute Gasteiger partial charge is 0.361 e. The number of benzene rings is 1. The lowest BCUT2D eigenvalue weighted by atomic mass is 9.93. The molecule has 2 aromatic rings. The van der Waals surface area contributed by atoms with Crippen molar-refractivity contribution in [3.05, 3.63) is 41.9 Å². The molecular weight excluding hydrogens is 217 g/mol. The summed E-state index contributed by atoms with van der Waals surface area (Å²) in [5, 5.41) is 0.853. The van der Waals surface area contributed by atoms with Gasteiger partial charge in [-0.3, -0.25) is 4.79 Å². The van der Waals surface area contributed by atoms with Crippen LogP contribution in [0.5, 0.6) is 0 Å². The van der Waals surface area contributed by atoms with Crippen LogP contribution in [0.4, 0.5) is 4.39 Å². The monoisotopic (exact) mass is 229 g/mol. The number of ketones is 1. The van der Waals surface area contributed by atoms with Crippen molar-refractivity contribution in [2.45, 2.75) is 19.3 Å². The minimum Gasteiger partial charge on any atom is -0.361 e. The average molecular weight is 229 g/mol. The number of fused-ring (bicyclic) bond motifs is 1. The van der Waals surface area contributed by atoms with Crippen LogP contribution in [-0.4, -0.2) is 10.8 Å². The normalized spacial score (nSPS) is 16.3. The molecule has 1 aromatic heterocycles. The number of hydrogen-bond acceptors (Lipinski definition) is 1. The quantitative estimate of drug-likeness (QED) is 0.798. The zero-order chi connectivity index (χ0) is 11.8. The van der Waals surface area contributed by atoms with Crippen molar-refractivity contribution in [3.63, 3.8) is 0 Å². The lowest BCUT2D eigenvalue weighted by Crippen LogP contribution is -2.01. The molecule has 0 spiro atoms. The number of aromatic nitrogens is 1. The van der Waals surface area contributed by atoms with E-state index in [9.17, 15) is 9.18 Å². The molecule has 0 aliphatic heterocycles. The first-order valence-electron chi connectivity index (χ1n) is 5.74. The minimum absolute atomic E-state index is 0.164. The van der Waals surface area contributed by atoms with Gasteiger partial charge in [0, 0.05) is 29.1 Å². The molecule has 0 amide bonds. The lowest BCUT2D eigenvalue weighted by Gasteiger charge is -2.10. The summed E-state index contributed by atoms with van der Waals surface area (Å²) in [4.78, 5) is 14.5. The van der Waals surface area contributed by atoms with Crippen LogP contribution >= 0.6 is 0 Å². The van der Waals surface area contributed by atoms with Crippen molar-refractivity contribution in [3.8, 4) is 0 Å². The van der Waals surface area contributed by atoms with Crippen molar-refractivity contribution in [1.82, 2.24) is 4.98 Å². The Morgan fingerprint density at radius 2 is 2.12 bits per heavy atom. The number of nitrogens with one attached hydrogen (secondary N) is 1. The second-order valence-electron chi connectivity index (χ2n) is 4.38. The molecule has 3 heteroatoms. The van der Waals surface area contributed by atoms with Gasteiger partial charge in [-0.25, -0.2) is 4.39 Å². The highest BCUT2D eigenvalue weighted by atomic mass is 19.1. The topological polar surface area (TPSA) is 32.9 Å². The third-order valence-corrected chi connectivity index (χ3v) is 3.19. The molecule has 0 bridgehead atoms. The molecule has 3 rings (SSSR count). The molecule has 1 aromatic carbocycles. The SMILES string of the molecule is O=C1C=C(c2c[nH]c3ccc(F)cc23)CCC1. The summed E-state index contributed by atoms with van der Waals surface area (Å²) in [5.41, 5.74) is 2.87. The smallest absolute Gasteiger partial charge is 0.155 e. The molecule has 0 radical (unpaired) electrons. The molecule has 0 fully saturated rings. The molecule has 0 unspecified atom stereocenters. The van der Waals surface area contributed by atoms with Crippen LogP contribution in [0, 0.1) is 5.82 Å². The first-order chi connectivity index (χ1) is 8.24. The Morgan fingerprint density at radius 3 is 2.94 bits per heavy atom. The summed E-state index contributed by atoms with van der Waals surface area (Å²) < 4.78 is 13.2. The number of H-pyrrole nitrogens is 1. The molecular formula is C14H12FNO. The van der Waals surface area contributed by atoms with Gasteiger partial charge in [0.05, 0.1) is 0 Å². The fourth-order valence-electron chi connectivity index (χ4n) is 2.36. The number of allylic oxidation sites excluding steroid dienone is 2. The van der Waals surface area contributed by atoms with Crippen LogP contribution < -0.4 is 0 Å². The molecule has 0 saturated heterocycles. The Labute approximate surface area is 98.1 Å². The summed E-state index contributed by atoms with van der Waals surface area (Å²) in [6.45, 7) is 0. The predicted octanol–water partition coefficient (Wildman–Crippen LogP) is 3.44. The Balaban J connectivity index is 2.17. The molecule has 1 aliphatic rings. The van der Waals surface area contributed by atoms with Crippen LogP contribution in [0.2, 0.25) is 0 Å². The van der Waals surface area contributed by atoms with Crippen molar-refractivity contribution in [2.24, 2.45) is 0 Å². The van der Waals surface area contributed by atoms with E-state index in [0.29, 0.717) is 6.42 Å². The maximum atomic E-state index is 13.2. The Hall–Kier alpha value is -1.90. The maximum absolute atomic E-state index is 13.2. The van der Waals surface area contributed by atoms with Gasteiger partial charge in [0.2, 0.25) is 0 Å². The van der Waals surface area contributed by atoms with E-state index in [1.165, 1.54) is 12.1 Å². The fraction of sp³-hybridized carbons (Fsp3) is 0.214. The van der Waals surface area contributed by atoms with Crippen LogP contribution in [-0.2, 0) is 4.79 Å². The number of aromatic amines is 1. The first kappa shape index (κ1) is 10.3. The minimum atomic E-state index is -0.249. The van der Waals surface area contributed by atoms with Gasteiger partial charge in [-0.2, -0.15) is 0 Å². The summed E-state index contributed by atoms with van der Waals surface area (Å²) in [6.07, 6.45) is 5.94. The Kier molecular flexibility index (Phi) is 2.32. The summed E-state index contributed by atoms with van der Waals surface area (Å²) in [6, 6.07) is 4.67. The van der Waals surface area contributed by atoms with Crippen LogP contribution in [0.15, 0.2) is 30.5 Å². The van der Waals surface area contributed by atoms with E-state index in [-0.39, 0.29) is 11.6 Å². The predicted molar refractivity (Wildman–Crippen MR) is 65.1 cm³/mol. The lowest BCUT2D eigenvalue weighted by molar-refractivity contribution is -0.114. The van der Waals surface area contributed by atoms with E-state index in [4.69, 9.17) is 0 Å². The second kappa shape index (κ2) is 3.84. The molecule has 1 aliphatic carbocycles. The van der Waals surface area contributed by atoms with E-state index >= 15 is 0 Å². The average Bonchev–Trinajstić information content (AvgIpc) is 2.71. The van der Waals surface area contributed by atoms with Crippen molar-refractivity contribution in [1.29, 1.82) is 0 Å². The number of carbonyl (C=O) groups is 1. The zero-order valence-corrected chi connectivity index (χ0v) is 9.29. The molecule has 86 valence electrons. The van der Waals surface area contributed by atoms with Crippen molar-refractivity contribution in [2.75, 3.05) is 0 Å². The summed E-state index contributed by atoms with van der Waals surface area (Å²) >= 11 is 0. The standard InChI is InChI=1S/C14H12FNO/c15-10-4-5-14-12(7-10)13(8-16-14)9-2-1-3-11(17)6-9/h4-8,16H,1-3H2. The van der Waals surface area contributed by atoms with Gasteiger partial charge in [-0.05, 0) is 42.7 Å². The molecule has 2 nitrogen and oxygen atoms in total. The van der Waals surface area contributed by atoms with E-state index < -0.39 is 0 Å². The zero-order valence-electron chi connectivity index (χ0n) is 9.29. The third-order valence-electron chi connectivity index (χ3n) is 3.19. The second-order valence-corrected chi connectivity index (χ2v) is 4.38. The third kappa shape index (κ3) is 1.78. The van der Waals surface area contributed by atoms with Crippen LogP contribution in [0.3, 0.4) is 0 Å². The molecule has 0 saturated carbocycles. The van der Waals surface area contributed by atoms with Crippen LogP contribution in [0.1, 0.15) is 24.8 Å². The van der Waals surface area contributed by atoms with Gasteiger partial charge in [-0.15, -0.1) is 0 Å². The highest BCUT2D eigenvalue weighted by Gasteiger charge is 2.14. The van der Waals surface area contributed by atoms with Gasteiger partial charge >= 0.3 is 0 Å². The number of rotatable bonds is 1. The van der Waals surface area contributed by atoms with E-state index in [0.717, 1.165) is 34.9 Å². The van der Waals surface area contributed by atoms with E-state index in [2.05, 4.69) is 4.98 Å². The maximum Gasteiger partial charge on any atom is 0.155 e. The summed E-state index contributed by atoms with van der Waals surface area (Å²) in [5.74, 6) is -0.0851. The Bertz CT molecular complexity index is 624. The van der Waals surface area contributed by atoms with Gasteiger partial charge in [0.1, 0.15) is 5.82 Å². The highest BCUT2D eigenvalue weighted by Crippen LogP contribution is 2.31. The molecule has 17 heavy (non-hydrogen) atoms. The molecule has 1 N–H and O–H groups in total. The summed E-state index contributed by atoms with van der Waals surface area (Å²) in [7, 11) is 0.